The molecule has 5 heteroatoms. The summed E-state index contributed by atoms with van der Waals surface area (Å²) in [6.45, 7) is 4.41. The van der Waals surface area contributed by atoms with Gasteiger partial charge in [0.05, 0.1) is 17.8 Å². The number of benzene rings is 2. The first-order valence-electron chi connectivity index (χ1n) is 8.73. The smallest absolute Gasteiger partial charge is 0.251 e. The van der Waals surface area contributed by atoms with Crippen LogP contribution in [-0.4, -0.2) is 18.6 Å². The minimum Gasteiger partial charge on any atom is -0.490 e. The lowest BCUT2D eigenvalue weighted by atomic mass is 10.1. The predicted molar refractivity (Wildman–Crippen MR) is 99.0 cm³/mol. The van der Waals surface area contributed by atoms with Crippen LogP contribution >= 0.6 is 0 Å². The van der Waals surface area contributed by atoms with E-state index >= 15 is 0 Å². The van der Waals surface area contributed by atoms with Crippen LogP contribution in [0.2, 0.25) is 0 Å². The molecule has 136 valence electrons. The number of furan rings is 1. The van der Waals surface area contributed by atoms with Gasteiger partial charge < -0.3 is 14.5 Å². The lowest BCUT2D eigenvalue weighted by Gasteiger charge is -2.12. The van der Waals surface area contributed by atoms with Crippen molar-refractivity contribution in [3.05, 3.63) is 65.7 Å². The average Bonchev–Trinajstić information content (AvgIpc) is 3.08. The molecule has 26 heavy (non-hydrogen) atoms. The third-order valence-corrected chi connectivity index (χ3v) is 4.00. The van der Waals surface area contributed by atoms with Gasteiger partial charge in [0.15, 0.2) is 0 Å². The van der Waals surface area contributed by atoms with Crippen LogP contribution in [0.4, 0.5) is 4.39 Å². The number of hydrogen-bond acceptors (Lipinski definition) is 3. The third kappa shape index (κ3) is 4.42. The van der Waals surface area contributed by atoms with Crippen molar-refractivity contribution < 1.29 is 18.3 Å². The largest absolute Gasteiger partial charge is 0.490 e. The van der Waals surface area contributed by atoms with E-state index in [1.165, 1.54) is 12.1 Å². The van der Waals surface area contributed by atoms with Gasteiger partial charge >= 0.3 is 0 Å². The van der Waals surface area contributed by atoms with Crippen LogP contribution in [0, 0.1) is 5.82 Å². The van der Waals surface area contributed by atoms with Crippen LogP contribution in [-0.2, 0) is 6.42 Å². The molecule has 1 N–H and O–H groups in total. The molecule has 2 aromatic carbocycles. The summed E-state index contributed by atoms with van der Waals surface area (Å²) in [5.74, 6) is 0.230. The molecule has 0 aliphatic carbocycles. The highest BCUT2D eigenvalue weighted by molar-refractivity contribution is 5.99. The maximum absolute atomic E-state index is 12.9. The number of carbonyl (C=O) groups is 1. The zero-order chi connectivity index (χ0) is 18.5. The van der Waals surface area contributed by atoms with Gasteiger partial charge in [-0.15, -0.1) is 0 Å². The fourth-order valence-corrected chi connectivity index (χ4v) is 2.77. The second kappa shape index (κ2) is 8.04. The summed E-state index contributed by atoms with van der Waals surface area (Å²) >= 11 is 0. The van der Waals surface area contributed by atoms with E-state index in [1.807, 2.05) is 19.9 Å². The van der Waals surface area contributed by atoms with Gasteiger partial charge in [0.25, 0.3) is 5.91 Å². The Labute approximate surface area is 152 Å². The summed E-state index contributed by atoms with van der Waals surface area (Å²) in [4.78, 5) is 12.4. The molecule has 1 heterocycles. The van der Waals surface area contributed by atoms with E-state index < -0.39 is 0 Å². The van der Waals surface area contributed by atoms with Crippen molar-refractivity contribution in [3.8, 4) is 5.75 Å². The first-order valence-corrected chi connectivity index (χ1v) is 8.73. The molecule has 3 aromatic rings. The molecule has 0 saturated carbocycles. The Bertz CT molecular complexity index is 884. The number of fused-ring (bicyclic) bond motifs is 1. The van der Waals surface area contributed by atoms with Gasteiger partial charge in [0.2, 0.25) is 0 Å². The van der Waals surface area contributed by atoms with Crippen LogP contribution in [0.5, 0.6) is 5.75 Å². The molecule has 0 radical (unpaired) electrons. The number of carbonyl (C=O) groups excluding carboxylic acids is 1. The summed E-state index contributed by atoms with van der Waals surface area (Å²) in [5, 5.41) is 3.76. The number of rotatable bonds is 7. The van der Waals surface area contributed by atoms with Crippen molar-refractivity contribution in [2.75, 3.05) is 6.54 Å². The van der Waals surface area contributed by atoms with Crippen LogP contribution in [0.3, 0.4) is 0 Å². The van der Waals surface area contributed by atoms with Crippen LogP contribution in [0.15, 0.2) is 53.1 Å². The molecular weight excluding hydrogens is 333 g/mol. The van der Waals surface area contributed by atoms with E-state index in [4.69, 9.17) is 9.15 Å². The van der Waals surface area contributed by atoms with Gasteiger partial charge in [-0.05, 0) is 62.6 Å². The van der Waals surface area contributed by atoms with Gasteiger partial charge in [-0.2, -0.15) is 0 Å². The van der Waals surface area contributed by atoms with Crippen molar-refractivity contribution in [2.45, 2.75) is 32.8 Å². The molecule has 0 aliphatic rings. The lowest BCUT2D eigenvalue weighted by molar-refractivity contribution is 0.0952. The first-order chi connectivity index (χ1) is 12.5. The molecule has 0 spiro atoms. The monoisotopic (exact) mass is 355 g/mol. The van der Waals surface area contributed by atoms with E-state index in [9.17, 15) is 9.18 Å². The maximum atomic E-state index is 12.9. The zero-order valence-electron chi connectivity index (χ0n) is 14.9. The zero-order valence-corrected chi connectivity index (χ0v) is 14.9. The first kappa shape index (κ1) is 18.0. The van der Waals surface area contributed by atoms with Crippen molar-refractivity contribution in [2.24, 2.45) is 0 Å². The Morgan fingerprint density at radius 3 is 2.69 bits per heavy atom. The molecule has 0 aliphatic heterocycles. The molecule has 1 aromatic heterocycles. The van der Waals surface area contributed by atoms with Crippen LogP contribution in [0.1, 0.15) is 36.2 Å². The number of amides is 1. The Kier molecular flexibility index (Phi) is 5.56. The van der Waals surface area contributed by atoms with Crippen molar-refractivity contribution in [1.29, 1.82) is 0 Å². The maximum Gasteiger partial charge on any atom is 0.251 e. The molecule has 0 fully saturated rings. The lowest BCUT2D eigenvalue weighted by Crippen LogP contribution is -2.24. The highest BCUT2D eigenvalue weighted by Gasteiger charge is 2.13. The number of hydrogen-bond donors (Lipinski definition) is 1. The molecule has 0 saturated heterocycles. The number of nitrogens with one attached hydrogen (secondary N) is 1. The fraction of sp³-hybridized carbons (Fsp3) is 0.286. The average molecular weight is 355 g/mol. The molecule has 0 unspecified atom stereocenters. The normalized spacial score (nSPS) is 11.1. The SMILES string of the molecule is CC(C)Oc1cc(C(=O)NCCCc2ccc(F)cc2)cc2occc12. The van der Waals surface area contributed by atoms with E-state index in [1.54, 1.807) is 30.5 Å². The van der Waals surface area contributed by atoms with Gasteiger partial charge in [-0.1, -0.05) is 12.1 Å². The summed E-state index contributed by atoms with van der Waals surface area (Å²) < 4.78 is 24.1. The van der Waals surface area contributed by atoms with Gasteiger partial charge in [-0.3, -0.25) is 4.79 Å². The van der Waals surface area contributed by atoms with Crippen molar-refractivity contribution in [1.82, 2.24) is 5.32 Å². The van der Waals surface area contributed by atoms with Crippen molar-refractivity contribution in [3.63, 3.8) is 0 Å². The van der Waals surface area contributed by atoms with Crippen LogP contribution < -0.4 is 10.1 Å². The molecule has 0 bridgehead atoms. The van der Waals surface area contributed by atoms with Gasteiger partial charge in [0.1, 0.15) is 17.1 Å². The summed E-state index contributed by atoms with van der Waals surface area (Å²) in [7, 11) is 0. The molecule has 4 nitrogen and oxygen atoms in total. The molecule has 1 amide bonds. The summed E-state index contributed by atoms with van der Waals surface area (Å²) in [6, 6.07) is 11.7. The number of aryl methyl sites for hydroxylation is 1. The fourth-order valence-electron chi connectivity index (χ4n) is 2.77. The minimum atomic E-state index is -0.241. The number of halogens is 1. The summed E-state index contributed by atoms with van der Waals surface area (Å²) in [6.07, 6.45) is 3.14. The predicted octanol–water partition coefficient (Wildman–Crippen LogP) is 4.72. The molecular formula is C21H22FNO3. The quantitative estimate of drug-likeness (QED) is 0.624. The van der Waals surface area contributed by atoms with Gasteiger partial charge in [-0.25, -0.2) is 4.39 Å². The Morgan fingerprint density at radius 1 is 1.19 bits per heavy atom. The Balaban J connectivity index is 1.61. The standard InChI is InChI=1S/C21H22FNO3/c1-14(2)26-20-13-16(12-19-18(20)9-11-25-19)21(24)23-10-3-4-15-5-7-17(22)8-6-15/h5-9,11-14H,3-4,10H2,1-2H3,(H,23,24). The highest BCUT2D eigenvalue weighted by Crippen LogP contribution is 2.29. The highest BCUT2D eigenvalue weighted by atomic mass is 19.1. The van der Waals surface area contributed by atoms with Crippen molar-refractivity contribution >= 4 is 16.9 Å². The van der Waals surface area contributed by atoms with Gasteiger partial charge in [0, 0.05) is 12.1 Å². The molecule has 3 rings (SSSR count). The second-order valence-corrected chi connectivity index (χ2v) is 6.46. The van der Waals surface area contributed by atoms with E-state index in [-0.39, 0.29) is 17.8 Å². The summed E-state index contributed by atoms with van der Waals surface area (Å²) in [5.41, 5.74) is 2.18. The second-order valence-electron chi connectivity index (χ2n) is 6.46. The van der Waals surface area contributed by atoms with E-state index in [0.29, 0.717) is 23.4 Å². The third-order valence-electron chi connectivity index (χ3n) is 4.00. The number of ether oxygens (including phenoxy) is 1. The Morgan fingerprint density at radius 2 is 1.96 bits per heavy atom. The Hall–Kier alpha value is -2.82. The topological polar surface area (TPSA) is 51.5 Å². The van der Waals surface area contributed by atoms with E-state index in [2.05, 4.69) is 5.32 Å². The van der Waals surface area contributed by atoms with E-state index in [0.717, 1.165) is 23.8 Å². The molecule has 0 atom stereocenters. The minimum absolute atomic E-state index is 0.00196. The van der Waals surface area contributed by atoms with Crippen LogP contribution in [0.25, 0.3) is 11.0 Å².